The normalized spacial score (nSPS) is 18.1. The van der Waals surface area contributed by atoms with Crippen molar-refractivity contribution in [2.24, 2.45) is 0 Å². The zero-order chi connectivity index (χ0) is 19.7. The van der Waals surface area contributed by atoms with Crippen LogP contribution in [0.25, 0.3) is 0 Å². The molecule has 2 aromatic rings. The number of carbonyl (C=O) groups is 2. The van der Waals surface area contributed by atoms with E-state index in [-0.39, 0.29) is 24.4 Å². The van der Waals surface area contributed by atoms with Crippen LogP contribution in [0.2, 0.25) is 0 Å². The molecule has 0 saturated carbocycles. The summed E-state index contributed by atoms with van der Waals surface area (Å²) in [5.41, 5.74) is 3.65. The van der Waals surface area contributed by atoms with E-state index < -0.39 is 0 Å². The Balaban J connectivity index is 1.40. The molecular formula is C21H23N3O4. The molecule has 0 unspecified atom stereocenters. The molecule has 7 heteroatoms. The zero-order valence-electron chi connectivity index (χ0n) is 16.0. The van der Waals surface area contributed by atoms with Gasteiger partial charge in [0, 0.05) is 30.4 Å². The zero-order valence-corrected chi connectivity index (χ0v) is 16.0. The average molecular weight is 381 g/mol. The molecule has 2 N–H and O–H groups in total. The minimum Gasteiger partial charge on any atom is -0.486 e. The predicted molar refractivity (Wildman–Crippen MR) is 106 cm³/mol. The van der Waals surface area contributed by atoms with Crippen molar-refractivity contribution in [1.29, 1.82) is 0 Å². The summed E-state index contributed by atoms with van der Waals surface area (Å²) in [6.07, 6.45) is 0.259. The van der Waals surface area contributed by atoms with Crippen LogP contribution in [0.4, 0.5) is 16.2 Å². The molecule has 0 aromatic heterocycles. The predicted octanol–water partition coefficient (Wildman–Crippen LogP) is 3.00. The van der Waals surface area contributed by atoms with E-state index >= 15 is 0 Å². The third kappa shape index (κ3) is 3.60. The Kier molecular flexibility index (Phi) is 4.81. The Bertz CT molecular complexity index is 928. The number of benzene rings is 2. The quantitative estimate of drug-likeness (QED) is 0.857. The van der Waals surface area contributed by atoms with Crippen molar-refractivity contribution in [1.82, 2.24) is 5.32 Å². The summed E-state index contributed by atoms with van der Waals surface area (Å²) < 4.78 is 11.1. The number of urea groups is 1. The second kappa shape index (κ2) is 7.42. The summed E-state index contributed by atoms with van der Waals surface area (Å²) in [7, 11) is 0. The van der Waals surface area contributed by atoms with Crippen molar-refractivity contribution >= 4 is 23.3 Å². The molecule has 7 nitrogen and oxygen atoms in total. The molecule has 1 saturated heterocycles. The first-order chi connectivity index (χ1) is 13.5. The van der Waals surface area contributed by atoms with Crippen LogP contribution in [0.3, 0.4) is 0 Å². The van der Waals surface area contributed by atoms with Gasteiger partial charge < -0.3 is 25.0 Å². The maximum absolute atomic E-state index is 12.5. The molecule has 28 heavy (non-hydrogen) atoms. The lowest BCUT2D eigenvalue weighted by Gasteiger charge is -2.22. The summed E-state index contributed by atoms with van der Waals surface area (Å²) in [4.78, 5) is 26.5. The highest BCUT2D eigenvalue weighted by atomic mass is 16.6. The van der Waals surface area contributed by atoms with Crippen LogP contribution >= 0.6 is 0 Å². The third-order valence-corrected chi connectivity index (χ3v) is 5.15. The number of nitrogens with zero attached hydrogens (tertiary/aromatic N) is 1. The van der Waals surface area contributed by atoms with Crippen LogP contribution in [-0.2, 0) is 4.79 Å². The van der Waals surface area contributed by atoms with Gasteiger partial charge in [0.1, 0.15) is 13.2 Å². The number of nitrogens with one attached hydrogen (secondary N) is 2. The van der Waals surface area contributed by atoms with Gasteiger partial charge in [0.2, 0.25) is 5.91 Å². The second-order valence-corrected chi connectivity index (χ2v) is 7.08. The first-order valence-electron chi connectivity index (χ1n) is 9.35. The van der Waals surface area contributed by atoms with Gasteiger partial charge in [0.05, 0.1) is 6.04 Å². The van der Waals surface area contributed by atoms with Gasteiger partial charge in [-0.25, -0.2) is 4.79 Å². The molecule has 2 heterocycles. The van der Waals surface area contributed by atoms with Crippen molar-refractivity contribution in [2.45, 2.75) is 26.3 Å². The molecule has 1 fully saturated rings. The number of amides is 3. The Morgan fingerprint density at radius 3 is 2.71 bits per heavy atom. The van der Waals surface area contributed by atoms with Crippen molar-refractivity contribution in [3.05, 3.63) is 47.5 Å². The van der Waals surface area contributed by atoms with Gasteiger partial charge in [0.25, 0.3) is 0 Å². The van der Waals surface area contributed by atoms with Gasteiger partial charge in [0.15, 0.2) is 11.5 Å². The number of aryl methyl sites for hydroxylation is 1. The number of carbonyl (C=O) groups excluding carboxylic acids is 2. The summed E-state index contributed by atoms with van der Waals surface area (Å²) in [6, 6.07) is 10.7. The van der Waals surface area contributed by atoms with Crippen LogP contribution in [-0.4, -0.2) is 37.7 Å². The number of ether oxygens (including phenoxy) is 2. The van der Waals surface area contributed by atoms with Crippen LogP contribution in [0.1, 0.15) is 17.5 Å². The average Bonchev–Trinajstić information content (AvgIpc) is 3.05. The van der Waals surface area contributed by atoms with E-state index in [1.165, 1.54) is 0 Å². The maximum Gasteiger partial charge on any atom is 0.319 e. The van der Waals surface area contributed by atoms with Gasteiger partial charge in [-0.1, -0.05) is 12.1 Å². The fourth-order valence-electron chi connectivity index (χ4n) is 3.48. The van der Waals surface area contributed by atoms with E-state index in [1.807, 2.05) is 50.2 Å². The second-order valence-electron chi connectivity index (χ2n) is 7.08. The molecule has 0 spiro atoms. The molecule has 2 aliphatic heterocycles. The summed E-state index contributed by atoms with van der Waals surface area (Å²) in [5.74, 6) is 1.29. The molecule has 0 radical (unpaired) electrons. The monoisotopic (exact) mass is 381 g/mol. The number of rotatable bonds is 3. The van der Waals surface area contributed by atoms with Crippen molar-refractivity contribution < 1.29 is 19.1 Å². The number of anilines is 2. The van der Waals surface area contributed by atoms with E-state index in [1.54, 1.807) is 4.90 Å². The van der Waals surface area contributed by atoms with E-state index in [2.05, 4.69) is 10.6 Å². The summed E-state index contributed by atoms with van der Waals surface area (Å²) in [5, 5.41) is 5.77. The minimum atomic E-state index is -0.310. The highest BCUT2D eigenvalue weighted by Gasteiger charge is 2.32. The van der Waals surface area contributed by atoms with Crippen molar-refractivity contribution in [3.8, 4) is 11.5 Å². The molecule has 2 aliphatic rings. The fourth-order valence-corrected chi connectivity index (χ4v) is 3.48. The fraction of sp³-hybridized carbons (Fsp3) is 0.333. The van der Waals surface area contributed by atoms with Gasteiger partial charge in [-0.3, -0.25) is 4.79 Å². The minimum absolute atomic E-state index is 0.0336. The molecule has 0 bridgehead atoms. The van der Waals surface area contributed by atoms with Crippen molar-refractivity contribution in [2.75, 3.05) is 30.0 Å². The lowest BCUT2D eigenvalue weighted by atomic mass is 10.1. The van der Waals surface area contributed by atoms with Gasteiger partial charge in [-0.2, -0.15) is 0 Å². The first kappa shape index (κ1) is 18.2. The Morgan fingerprint density at radius 1 is 1.11 bits per heavy atom. The van der Waals surface area contributed by atoms with Crippen LogP contribution < -0.4 is 25.0 Å². The SMILES string of the molecule is Cc1cccc(NC(=O)N[C@@H]2CC(=O)N(c3ccc4c(c3)OCCO4)C2)c1C. The Labute approximate surface area is 163 Å². The number of hydrogen-bond acceptors (Lipinski definition) is 4. The molecule has 2 aromatic carbocycles. The molecule has 1 atom stereocenters. The highest BCUT2D eigenvalue weighted by Crippen LogP contribution is 2.35. The van der Waals surface area contributed by atoms with Crippen LogP contribution in [0.5, 0.6) is 11.5 Å². The molecule has 0 aliphatic carbocycles. The summed E-state index contributed by atoms with van der Waals surface area (Å²) >= 11 is 0. The highest BCUT2D eigenvalue weighted by molar-refractivity contribution is 5.98. The van der Waals surface area contributed by atoms with Crippen LogP contribution in [0.15, 0.2) is 36.4 Å². The van der Waals surface area contributed by atoms with E-state index in [0.29, 0.717) is 31.3 Å². The number of hydrogen-bond donors (Lipinski definition) is 2. The standard InChI is InChI=1S/C21H23N3O4/c1-13-4-3-5-17(14(13)2)23-21(26)22-15-10-20(25)24(12-15)16-6-7-18-19(11-16)28-9-8-27-18/h3-7,11,15H,8-10,12H2,1-2H3,(H2,22,23,26)/t15-/m1/s1. The van der Waals surface area contributed by atoms with Crippen molar-refractivity contribution in [3.63, 3.8) is 0 Å². The third-order valence-electron chi connectivity index (χ3n) is 5.15. The molecular weight excluding hydrogens is 358 g/mol. The lowest BCUT2D eigenvalue weighted by molar-refractivity contribution is -0.117. The number of fused-ring (bicyclic) bond motifs is 1. The summed E-state index contributed by atoms with van der Waals surface area (Å²) in [6.45, 7) is 5.40. The van der Waals surface area contributed by atoms with Gasteiger partial charge in [-0.05, 0) is 43.2 Å². The largest absolute Gasteiger partial charge is 0.486 e. The van der Waals surface area contributed by atoms with E-state index in [4.69, 9.17) is 9.47 Å². The molecule has 3 amide bonds. The van der Waals surface area contributed by atoms with E-state index in [9.17, 15) is 9.59 Å². The molecule has 4 rings (SSSR count). The molecule has 146 valence electrons. The maximum atomic E-state index is 12.5. The Morgan fingerprint density at radius 2 is 1.89 bits per heavy atom. The lowest BCUT2D eigenvalue weighted by Crippen LogP contribution is -2.39. The smallest absolute Gasteiger partial charge is 0.319 e. The first-order valence-corrected chi connectivity index (χ1v) is 9.35. The van der Waals surface area contributed by atoms with Gasteiger partial charge in [-0.15, -0.1) is 0 Å². The van der Waals surface area contributed by atoms with Gasteiger partial charge >= 0.3 is 6.03 Å². The Hall–Kier alpha value is -3.22. The van der Waals surface area contributed by atoms with Crippen LogP contribution in [0, 0.1) is 13.8 Å². The van der Waals surface area contributed by atoms with E-state index in [0.717, 1.165) is 22.5 Å². The topological polar surface area (TPSA) is 79.9 Å².